The van der Waals surface area contributed by atoms with Gasteiger partial charge in [-0.2, -0.15) is 5.21 Å². The molecule has 0 aliphatic rings. The molecule has 0 spiro atoms. The minimum Gasteiger partial charge on any atom is -0.274 e. The predicted molar refractivity (Wildman–Crippen MR) is 116 cm³/mol. The van der Waals surface area contributed by atoms with E-state index in [1.807, 2.05) is 62.4 Å². The fourth-order valence-corrected chi connectivity index (χ4v) is 3.48. The van der Waals surface area contributed by atoms with Crippen molar-refractivity contribution in [1.82, 2.24) is 35.0 Å². The summed E-state index contributed by atoms with van der Waals surface area (Å²) >= 11 is 0. The van der Waals surface area contributed by atoms with Crippen LogP contribution in [0.2, 0.25) is 0 Å². The summed E-state index contributed by atoms with van der Waals surface area (Å²) < 4.78 is 2.55. The molecule has 2 heterocycles. The summed E-state index contributed by atoms with van der Waals surface area (Å²) in [4.78, 5) is 24.9. The third-order valence-electron chi connectivity index (χ3n) is 5.07. The Morgan fingerprint density at radius 1 is 1.06 bits per heavy atom. The molecule has 0 saturated heterocycles. The maximum Gasteiger partial charge on any atom is 0.353 e. The number of nitrogens with one attached hydrogen (secondary N) is 1. The zero-order valence-corrected chi connectivity index (χ0v) is 17.6. The quantitative estimate of drug-likeness (QED) is 0.516. The lowest BCUT2D eigenvalue weighted by Crippen LogP contribution is -2.30. The van der Waals surface area contributed by atoms with Crippen LogP contribution in [0.1, 0.15) is 49.3 Å². The Balaban J connectivity index is 1.66. The zero-order chi connectivity index (χ0) is 22.0. The smallest absolute Gasteiger partial charge is 0.274 e. The molecule has 2 aromatic carbocycles. The van der Waals surface area contributed by atoms with Gasteiger partial charge >= 0.3 is 5.69 Å². The first-order valence-electron chi connectivity index (χ1n) is 10.1. The van der Waals surface area contributed by atoms with Gasteiger partial charge in [0.15, 0.2) is 0 Å². The van der Waals surface area contributed by atoms with Gasteiger partial charge in [0, 0.05) is 17.9 Å². The fourth-order valence-electron chi connectivity index (χ4n) is 3.48. The Bertz CT molecular complexity index is 1250. The number of aromatic amines is 1. The molecule has 2 aromatic heterocycles. The number of hydrogen-bond acceptors (Lipinski definition) is 6. The number of H-pyrrole nitrogens is 1. The van der Waals surface area contributed by atoms with Crippen LogP contribution < -0.4 is 5.69 Å². The molecule has 31 heavy (non-hydrogen) atoms. The summed E-state index contributed by atoms with van der Waals surface area (Å²) in [6.45, 7) is 5.97. The monoisotopic (exact) mass is 417 g/mol. The van der Waals surface area contributed by atoms with E-state index in [-0.39, 0.29) is 18.2 Å². The van der Waals surface area contributed by atoms with Crippen LogP contribution in [-0.2, 0) is 6.54 Å². The van der Waals surface area contributed by atoms with E-state index in [9.17, 15) is 9.59 Å². The van der Waals surface area contributed by atoms with Gasteiger partial charge in [-0.15, -0.1) is 20.0 Å². The fraction of sp³-hybridized carbons (Fsp3) is 0.273. The molecule has 0 radical (unpaired) electrons. The minimum absolute atomic E-state index is 0.0136. The summed E-state index contributed by atoms with van der Waals surface area (Å²) in [7, 11) is 0. The van der Waals surface area contributed by atoms with Crippen molar-refractivity contribution in [3.05, 3.63) is 70.4 Å². The lowest BCUT2D eigenvalue weighted by molar-refractivity contribution is 0.0887. The third kappa shape index (κ3) is 3.94. The molecule has 0 bridgehead atoms. The van der Waals surface area contributed by atoms with Gasteiger partial charge in [-0.25, -0.2) is 4.79 Å². The maximum absolute atomic E-state index is 12.8. The van der Waals surface area contributed by atoms with Crippen molar-refractivity contribution in [2.45, 2.75) is 39.7 Å². The highest BCUT2D eigenvalue weighted by Gasteiger charge is 2.19. The van der Waals surface area contributed by atoms with Crippen molar-refractivity contribution in [2.75, 3.05) is 0 Å². The topological polar surface area (TPSA) is 111 Å². The molecule has 0 saturated carbocycles. The molecular formula is C22H23N7O2. The van der Waals surface area contributed by atoms with Gasteiger partial charge < -0.3 is 0 Å². The average Bonchev–Trinajstić information content (AvgIpc) is 3.43. The summed E-state index contributed by atoms with van der Waals surface area (Å²) in [5, 5.41) is 18.6. The predicted octanol–water partition coefficient (Wildman–Crippen LogP) is 3.11. The number of hydrogen-bond donors (Lipinski definition) is 1. The Hall–Kier alpha value is -3.88. The lowest BCUT2D eigenvalue weighted by atomic mass is 9.98. The van der Waals surface area contributed by atoms with E-state index in [2.05, 4.69) is 25.7 Å². The summed E-state index contributed by atoms with van der Waals surface area (Å²) in [5.74, 6) is 0.831. The van der Waals surface area contributed by atoms with E-state index in [1.165, 1.54) is 0 Å². The molecule has 4 rings (SSSR count). The third-order valence-corrected chi connectivity index (χ3v) is 5.07. The molecule has 9 nitrogen and oxygen atoms in total. The number of carbonyl (C=O) groups excluding carboxylic acids is 1. The average molecular weight is 417 g/mol. The molecule has 0 aliphatic heterocycles. The van der Waals surface area contributed by atoms with Crippen molar-refractivity contribution in [3.63, 3.8) is 0 Å². The molecule has 0 aliphatic carbocycles. The van der Waals surface area contributed by atoms with E-state index in [4.69, 9.17) is 0 Å². The van der Waals surface area contributed by atoms with Crippen LogP contribution in [0.5, 0.6) is 0 Å². The van der Waals surface area contributed by atoms with Crippen molar-refractivity contribution >= 4 is 5.91 Å². The number of rotatable bonds is 6. The van der Waals surface area contributed by atoms with Gasteiger partial charge in [0.2, 0.25) is 5.82 Å². The Morgan fingerprint density at radius 2 is 1.77 bits per heavy atom. The second-order valence-corrected chi connectivity index (χ2v) is 7.52. The second kappa shape index (κ2) is 8.47. The van der Waals surface area contributed by atoms with Crippen LogP contribution in [0.15, 0.2) is 53.3 Å². The number of benzene rings is 2. The zero-order valence-electron chi connectivity index (χ0n) is 17.6. The Morgan fingerprint density at radius 3 is 2.39 bits per heavy atom. The SMILES string of the molecule is CCC(=O)n1nc(C(C)C)n(Cc2ccc(-c3ccccc3-c3nn[nH]n3)cc2)c1=O. The summed E-state index contributed by atoms with van der Waals surface area (Å²) in [5.41, 5.74) is 3.39. The van der Waals surface area contributed by atoms with Gasteiger partial charge in [0.25, 0.3) is 5.91 Å². The largest absolute Gasteiger partial charge is 0.353 e. The van der Waals surface area contributed by atoms with Crippen LogP contribution in [0.4, 0.5) is 0 Å². The number of nitrogens with zero attached hydrogens (tertiary/aromatic N) is 6. The Labute approximate surface area is 178 Å². The van der Waals surface area contributed by atoms with Gasteiger partial charge in [-0.3, -0.25) is 9.36 Å². The normalized spacial score (nSPS) is 11.2. The standard InChI is InChI=1S/C22H23N7O2/c1-4-19(30)29-22(31)28(21(25-29)14(2)3)13-15-9-11-16(12-10-15)17-7-5-6-8-18(17)20-23-26-27-24-20/h5-12,14H,4,13H2,1-3H3,(H,23,24,26,27). The first-order chi connectivity index (χ1) is 15.0. The molecule has 0 unspecified atom stereocenters. The van der Waals surface area contributed by atoms with E-state index >= 15 is 0 Å². The highest BCUT2D eigenvalue weighted by molar-refractivity contribution is 5.80. The van der Waals surface area contributed by atoms with E-state index < -0.39 is 5.69 Å². The molecule has 4 aromatic rings. The van der Waals surface area contributed by atoms with Crippen molar-refractivity contribution in [1.29, 1.82) is 0 Å². The molecule has 9 heteroatoms. The summed E-state index contributed by atoms with van der Waals surface area (Å²) in [6, 6.07) is 15.8. The molecule has 158 valence electrons. The number of aromatic nitrogens is 7. The van der Waals surface area contributed by atoms with Crippen molar-refractivity contribution < 1.29 is 4.79 Å². The minimum atomic E-state index is -0.401. The number of tetrazole rings is 1. The summed E-state index contributed by atoms with van der Waals surface area (Å²) in [6.07, 6.45) is 0.225. The lowest BCUT2D eigenvalue weighted by Gasteiger charge is -2.10. The van der Waals surface area contributed by atoms with Crippen molar-refractivity contribution in [3.8, 4) is 22.5 Å². The van der Waals surface area contributed by atoms with Crippen LogP contribution in [0.25, 0.3) is 22.5 Å². The van der Waals surface area contributed by atoms with E-state index in [0.29, 0.717) is 18.2 Å². The van der Waals surface area contributed by atoms with Gasteiger partial charge in [-0.05, 0) is 21.9 Å². The van der Waals surface area contributed by atoms with E-state index in [1.54, 1.807) is 11.5 Å². The van der Waals surface area contributed by atoms with Crippen LogP contribution in [0, 0.1) is 0 Å². The highest BCUT2D eigenvalue weighted by atomic mass is 16.2. The first kappa shape index (κ1) is 20.4. The number of carbonyl (C=O) groups is 1. The van der Waals surface area contributed by atoms with Crippen LogP contribution >= 0.6 is 0 Å². The van der Waals surface area contributed by atoms with E-state index in [0.717, 1.165) is 26.9 Å². The van der Waals surface area contributed by atoms with Gasteiger partial charge in [-0.1, -0.05) is 69.3 Å². The molecule has 0 amide bonds. The molecule has 0 atom stereocenters. The maximum atomic E-state index is 12.8. The van der Waals surface area contributed by atoms with Gasteiger partial charge in [0.1, 0.15) is 5.82 Å². The molecule has 1 N–H and O–H groups in total. The highest BCUT2D eigenvalue weighted by Crippen LogP contribution is 2.29. The molecular weight excluding hydrogens is 394 g/mol. The molecule has 0 fully saturated rings. The van der Waals surface area contributed by atoms with Crippen molar-refractivity contribution in [2.24, 2.45) is 0 Å². The van der Waals surface area contributed by atoms with Gasteiger partial charge in [0.05, 0.1) is 6.54 Å². The first-order valence-corrected chi connectivity index (χ1v) is 10.1. The van der Waals surface area contributed by atoms with Crippen LogP contribution in [-0.4, -0.2) is 40.9 Å². The van der Waals surface area contributed by atoms with Crippen LogP contribution in [0.3, 0.4) is 0 Å². The Kier molecular flexibility index (Phi) is 5.57. The second-order valence-electron chi connectivity index (χ2n) is 7.52.